The van der Waals surface area contributed by atoms with E-state index < -0.39 is 5.97 Å². The van der Waals surface area contributed by atoms with Gasteiger partial charge in [0.05, 0.1) is 6.42 Å². The number of hydrogen-bond donors (Lipinski definition) is 1. The van der Waals surface area contributed by atoms with Crippen molar-refractivity contribution < 1.29 is 9.90 Å². The number of fused-ring (bicyclic) bond motifs is 1. The van der Waals surface area contributed by atoms with Gasteiger partial charge in [-0.2, -0.15) is 0 Å². The van der Waals surface area contributed by atoms with Crippen LogP contribution in [0.4, 0.5) is 5.69 Å². The Morgan fingerprint density at radius 2 is 2.40 bits per heavy atom. The summed E-state index contributed by atoms with van der Waals surface area (Å²) in [6.07, 6.45) is 0.194. The van der Waals surface area contributed by atoms with Gasteiger partial charge < -0.3 is 10.0 Å². The van der Waals surface area contributed by atoms with Gasteiger partial charge in [-0.25, -0.2) is 0 Å². The van der Waals surface area contributed by atoms with Crippen molar-refractivity contribution >= 4 is 27.6 Å². The molecule has 2 rings (SSSR count). The van der Waals surface area contributed by atoms with Gasteiger partial charge in [-0.15, -0.1) is 0 Å². The number of halogens is 1. The number of anilines is 1. The molecule has 0 saturated heterocycles. The van der Waals surface area contributed by atoms with Gasteiger partial charge in [0.15, 0.2) is 0 Å². The molecule has 3 nitrogen and oxygen atoms in total. The van der Waals surface area contributed by atoms with E-state index in [9.17, 15) is 4.79 Å². The molecule has 1 atom stereocenters. The van der Waals surface area contributed by atoms with Gasteiger partial charge in [-0.3, -0.25) is 4.79 Å². The minimum atomic E-state index is -0.739. The van der Waals surface area contributed by atoms with Crippen molar-refractivity contribution in [3.8, 4) is 0 Å². The minimum absolute atomic E-state index is 0.0954. The summed E-state index contributed by atoms with van der Waals surface area (Å²) in [5.74, 6) is -0.643. The molecule has 15 heavy (non-hydrogen) atoms. The summed E-state index contributed by atoms with van der Waals surface area (Å²) in [5.41, 5.74) is 2.26. The number of likely N-dealkylation sites (N-methyl/N-ethyl adjacent to an activating group) is 1. The number of carboxylic acid groups (broad SMARTS) is 1. The highest BCUT2D eigenvalue weighted by molar-refractivity contribution is 9.10. The molecule has 1 aliphatic heterocycles. The Kier molecular flexibility index (Phi) is 2.69. The molecule has 0 bridgehead atoms. The Hall–Kier alpha value is -1.03. The van der Waals surface area contributed by atoms with Gasteiger partial charge in [0.25, 0.3) is 0 Å². The molecule has 0 amide bonds. The number of carbonyl (C=O) groups is 1. The number of rotatable bonds is 2. The molecule has 1 aromatic rings. The second-order valence-corrected chi connectivity index (χ2v) is 4.70. The molecule has 1 unspecified atom stereocenters. The molecule has 1 N–H and O–H groups in total. The lowest BCUT2D eigenvalue weighted by Gasteiger charge is -2.11. The number of nitrogens with zero attached hydrogens (tertiary/aromatic N) is 1. The second kappa shape index (κ2) is 3.85. The summed E-state index contributed by atoms with van der Waals surface area (Å²) in [6.45, 7) is 0.782. The number of aliphatic carboxylic acids is 1. The fraction of sp³-hybridized carbons (Fsp3) is 0.364. The van der Waals surface area contributed by atoms with Crippen molar-refractivity contribution in [3.05, 3.63) is 28.2 Å². The maximum absolute atomic E-state index is 10.7. The largest absolute Gasteiger partial charge is 0.481 e. The maximum atomic E-state index is 10.7. The van der Waals surface area contributed by atoms with Crippen LogP contribution in [0.3, 0.4) is 0 Å². The smallest absolute Gasteiger partial charge is 0.304 e. The first-order chi connectivity index (χ1) is 7.09. The molecule has 1 heterocycles. The van der Waals surface area contributed by atoms with Crippen LogP contribution < -0.4 is 4.90 Å². The fourth-order valence-electron chi connectivity index (χ4n) is 2.16. The molecule has 0 radical (unpaired) electrons. The van der Waals surface area contributed by atoms with Crippen LogP contribution in [-0.2, 0) is 4.79 Å². The first-order valence-corrected chi connectivity index (χ1v) is 5.60. The summed E-state index contributed by atoms with van der Waals surface area (Å²) in [7, 11) is 1.99. The average Bonchev–Trinajstić information content (AvgIpc) is 2.44. The Balaban J connectivity index is 2.39. The van der Waals surface area contributed by atoms with E-state index in [0.717, 1.165) is 22.3 Å². The van der Waals surface area contributed by atoms with E-state index in [-0.39, 0.29) is 12.3 Å². The van der Waals surface area contributed by atoms with Gasteiger partial charge in [-0.05, 0) is 17.7 Å². The van der Waals surface area contributed by atoms with Gasteiger partial charge in [0.1, 0.15) is 0 Å². The highest BCUT2D eigenvalue weighted by Crippen LogP contribution is 2.41. The molecule has 0 aromatic heterocycles. The van der Waals surface area contributed by atoms with Crippen molar-refractivity contribution in [1.29, 1.82) is 0 Å². The molecule has 4 heteroatoms. The van der Waals surface area contributed by atoms with Crippen LogP contribution in [0.2, 0.25) is 0 Å². The number of carboxylic acids is 1. The predicted molar refractivity (Wildman–Crippen MR) is 62.4 cm³/mol. The van der Waals surface area contributed by atoms with Crippen LogP contribution >= 0.6 is 15.9 Å². The summed E-state index contributed by atoms with van der Waals surface area (Å²) in [5, 5.41) is 8.84. The lowest BCUT2D eigenvalue weighted by molar-refractivity contribution is -0.137. The lowest BCUT2D eigenvalue weighted by atomic mass is 9.98. The molecule has 0 fully saturated rings. The van der Waals surface area contributed by atoms with Crippen molar-refractivity contribution in [2.75, 3.05) is 18.5 Å². The number of hydrogen-bond acceptors (Lipinski definition) is 2. The van der Waals surface area contributed by atoms with Crippen LogP contribution in [0, 0.1) is 0 Å². The Morgan fingerprint density at radius 3 is 3.07 bits per heavy atom. The molecule has 0 spiro atoms. The van der Waals surface area contributed by atoms with E-state index in [4.69, 9.17) is 5.11 Å². The van der Waals surface area contributed by atoms with Gasteiger partial charge >= 0.3 is 5.97 Å². The van der Waals surface area contributed by atoms with Crippen molar-refractivity contribution in [2.45, 2.75) is 12.3 Å². The molecular formula is C11H12BrNO2. The van der Waals surface area contributed by atoms with Crippen LogP contribution in [0.25, 0.3) is 0 Å². The first kappa shape index (κ1) is 10.5. The van der Waals surface area contributed by atoms with Crippen LogP contribution in [0.1, 0.15) is 17.9 Å². The van der Waals surface area contributed by atoms with Gasteiger partial charge in [0, 0.05) is 29.7 Å². The Labute approximate surface area is 96.8 Å². The summed E-state index contributed by atoms with van der Waals surface area (Å²) in [6, 6.07) is 5.97. The molecule has 1 aliphatic rings. The summed E-state index contributed by atoms with van der Waals surface area (Å²) < 4.78 is 1.01. The predicted octanol–water partition coefficient (Wildman–Crippen LogP) is 2.46. The molecule has 80 valence electrons. The van der Waals surface area contributed by atoms with E-state index in [1.54, 1.807) is 0 Å². The lowest BCUT2D eigenvalue weighted by Crippen LogP contribution is -2.16. The number of benzene rings is 1. The second-order valence-electron chi connectivity index (χ2n) is 3.85. The van der Waals surface area contributed by atoms with Crippen LogP contribution in [0.5, 0.6) is 0 Å². The van der Waals surface area contributed by atoms with E-state index in [1.807, 2.05) is 25.2 Å². The third kappa shape index (κ3) is 1.86. The highest BCUT2D eigenvalue weighted by atomic mass is 79.9. The summed E-state index contributed by atoms with van der Waals surface area (Å²) >= 11 is 3.49. The van der Waals surface area contributed by atoms with Crippen LogP contribution in [-0.4, -0.2) is 24.7 Å². The third-order valence-electron chi connectivity index (χ3n) is 2.76. The zero-order valence-electron chi connectivity index (χ0n) is 8.40. The fourth-order valence-corrected chi connectivity index (χ4v) is 2.84. The molecular weight excluding hydrogens is 258 g/mol. The highest BCUT2D eigenvalue weighted by Gasteiger charge is 2.29. The Bertz CT molecular complexity index is 406. The van der Waals surface area contributed by atoms with E-state index in [0.29, 0.717) is 0 Å². The standard InChI is InChI=1S/C11H12BrNO2/c1-13-6-7(5-10(14)15)11-8(12)3-2-4-9(11)13/h2-4,7H,5-6H2,1H3,(H,14,15). The van der Waals surface area contributed by atoms with Crippen molar-refractivity contribution in [2.24, 2.45) is 0 Å². The topological polar surface area (TPSA) is 40.5 Å². The molecule has 0 aliphatic carbocycles. The third-order valence-corrected chi connectivity index (χ3v) is 3.46. The van der Waals surface area contributed by atoms with E-state index in [1.165, 1.54) is 0 Å². The van der Waals surface area contributed by atoms with Crippen molar-refractivity contribution in [1.82, 2.24) is 0 Å². The summed E-state index contributed by atoms with van der Waals surface area (Å²) in [4.78, 5) is 12.9. The normalized spacial score (nSPS) is 19.1. The first-order valence-electron chi connectivity index (χ1n) is 4.81. The van der Waals surface area contributed by atoms with Crippen molar-refractivity contribution in [3.63, 3.8) is 0 Å². The monoisotopic (exact) mass is 269 g/mol. The quantitative estimate of drug-likeness (QED) is 0.897. The molecule has 1 aromatic carbocycles. The van der Waals surface area contributed by atoms with E-state index >= 15 is 0 Å². The van der Waals surface area contributed by atoms with Gasteiger partial charge in [-0.1, -0.05) is 22.0 Å². The maximum Gasteiger partial charge on any atom is 0.304 e. The van der Waals surface area contributed by atoms with E-state index in [2.05, 4.69) is 20.8 Å². The minimum Gasteiger partial charge on any atom is -0.481 e. The zero-order chi connectivity index (χ0) is 11.0. The zero-order valence-corrected chi connectivity index (χ0v) is 9.99. The SMILES string of the molecule is CN1CC(CC(=O)O)c2c(Br)cccc21. The van der Waals surface area contributed by atoms with Gasteiger partial charge in [0.2, 0.25) is 0 Å². The average molecular weight is 270 g/mol. The molecule has 0 saturated carbocycles. The Morgan fingerprint density at radius 1 is 1.67 bits per heavy atom. The van der Waals surface area contributed by atoms with Crippen LogP contribution in [0.15, 0.2) is 22.7 Å².